The molecule has 0 bridgehead atoms. The molecule has 0 radical (unpaired) electrons. The predicted molar refractivity (Wildman–Crippen MR) is 57.9 cm³/mol. The SMILES string of the molecule is COc1n[nH]c(NS(=O)(=O)c2cncc(F)c2)n1. The summed E-state index contributed by atoms with van der Waals surface area (Å²) in [7, 11) is -2.64. The maximum absolute atomic E-state index is 12.9. The van der Waals surface area contributed by atoms with E-state index in [0.29, 0.717) is 0 Å². The first kappa shape index (κ1) is 12.2. The van der Waals surface area contributed by atoms with Gasteiger partial charge in [0.25, 0.3) is 10.0 Å². The molecule has 2 rings (SSSR count). The number of methoxy groups -OCH3 is 1. The summed E-state index contributed by atoms with van der Waals surface area (Å²) in [5.74, 6) is -0.899. The number of aromatic amines is 1. The van der Waals surface area contributed by atoms with E-state index in [1.165, 1.54) is 7.11 Å². The molecule has 10 heteroatoms. The fraction of sp³-hybridized carbons (Fsp3) is 0.125. The Labute approximate surface area is 101 Å². The van der Waals surface area contributed by atoms with Crippen LogP contribution in [0.3, 0.4) is 0 Å². The summed E-state index contributed by atoms with van der Waals surface area (Å²) in [6.45, 7) is 0. The third kappa shape index (κ3) is 2.53. The lowest BCUT2D eigenvalue weighted by Crippen LogP contribution is -2.14. The molecule has 0 aliphatic carbocycles. The van der Waals surface area contributed by atoms with E-state index in [4.69, 9.17) is 0 Å². The number of H-pyrrole nitrogens is 1. The van der Waals surface area contributed by atoms with E-state index in [9.17, 15) is 12.8 Å². The van der Waals surface area contributed by atoms with Crippen LogP contribution in [0.1, 0.15) is 0 Å². The van der Waals surface area contributed by atoms with Crippen LogP contribution < -0.4 is 9.46 Å². The molecule has 0 aliphatic heterocycles. The average molecular weight is 273 g/mol. The Hall–Kier alpha value is -2.23. The fourth-order valence-corrected chi connectivity index (χ4v) is 2.04. The van der Waals surface area contributed by atoms with Gasteiger partial charge in [0.05, 0.1) is 13.3 Å². The number of hydrogen-bond donors (Lipinski definition) is 2. The maximum Gasteiger partial charge on any atom is 0.336 e. The minimum absolute atomic E-state index is 0.0231. The van der Waals surface area contributed by atoms with Crippen molar-refractivity contribution < 1.29 is 17.5 Å². The molecule has 0 aromatic carbocycles. The van der Waals surface area contributed by atoms with E-state index in [1.54, 1.807) is 0 Å². The third-order valence-corrected chi connectivity index (χ3v) is 3.17. The number of pyridine rings is 1. The second-order valence-electron chi connectivity index (χ2n) is 3.12. The van der Waals surface area contributed by atoms with Gasteiger partial charge in [-0.05, 0) is 6.07 Å². The number of nitrogens with one attached hydrogen (secondary N) is 2. The zero-order chi connectivity index (χ0) is 13.2. The van der Waals surface area contributed by atoms with Gasteiger partial charge in [0.15, 0.2) is 0 Å². The average Bonchev–Trinajstić information content (AvgIpc) is 2.76. The van der Waals surface area contributed by atoms with Gasteiger partial charge in [-0.25, -0.2) is 22.6 Å². The van der Waals surface area contributed by atoms with E-state index in [2.05, 4.69) is 29.6 Å². The number of nitrogens with zero attached hydrogens (tertiary/aromatic N) is 3. The molecule has 8 nitrogen and oxygen atoms in total. The molecule has 0 aliphatic rings. The lowest BCUT2D eigenvalue weighted by Gasteiger charge is -2.03. The first-order chi connectivity index (χ1) is 8.51. The number of sulfonamides is 1. The highest BCUT2D eigenvalue weighted by atomic mass is 32.2. The molecule has 2 N–H and O–H groups in total. The van der Waals surface area contributed by atoms with Gasteiger partial charge < -0.3 is 4.74 Å². The van der Waals surface area contributed by atoms with Crippen molar-refractivity contribution >= 4 is 16.0 Å². The van der Waals surface area contributed by atoms with Crippen molar-refractivity contribution in [3.8, 4) is 6.01 Å². The summed E-state index contributed by atoms with van der Waals surface area (Å²) >= 11 is 0. The second-order valence-corrected chi connectivity index (χ2v) is 4.80. The number of ether oxygens (including phenoxy) is 1. The van der Waals surface area contributed by atoms with Crippen LogP contribution in [-0.4, -0.2) is 35.7 Å². The zero-order valence-corrected chi connectivity index (χ0v) is 9.90. The van der Waals surface area contributed by atoms with Crippen LogP contribution >= 0.6 is 0 Å². The van der Waals surface area contributed by atoms with Gasteiger partial charge in [0, 0.05) is 6.20 Å². The fourth-order valence-electron chi connectivity index (χ4n) is 1.11. The molecule has 0 atom stereocenters. The van der Waals surface area contributed by atoms with Crippen molar-refractivity contribution in [3.05, 3.63) is 24.3 Å². The highest BCUT2D eigenvalue weighted by Crippen LogP contribution is 2.13. The highest BCUT2D eigenvalue weighted by Gasteiger charge is 2.17. The molecular formula is C8H8FN5O3S. The molecular weight excluding hydrogens is 265 g/mol. The van der Waals surface area contributed by atoms with Crippen molar-refractivity contribution in [3.63, 3.8) is 0 Å². The van der Waals surface area contributed by atoms with Gasteiger partial charge >= 0.3 is 6.01 Å². The number of rotatable bonds is 4. The molecule has 0 spiro atoms. The predicted octanol–water partition coefficient (Wildman–Crippen LogP) is 0.148. The number of aromatic nitrogens is 4. The Morgan fingerprint density at radius 1 is 1.44 bits per heavy atom. The topological polar surface area (TPSA) is 110 Å². The van der Waals surface area contributed by atoms with E-state index < -0.39 is 15.8 Å². The van der Waals surface area contributed by atoms with Gasteiger partial charge in [-0.1, -0.05) is 0 Å². The lowest BCUT2D eigenvalue weighted by atomic mass is 10.5. The monoisotopic (exact) mass is 273 g/mol. The van der Waals surface area contributed by atoms with Crippen LogP contribution in [0.25, 0.3) is 0 Å². The van der Waals surface area contributed by atoms with Crippen molar-refractivity contribution in [2.75, 3.05) is 11.8 Å². The van der Waals surface area contributed by atoms with Crippen LogP contribution in [0.5, 0.6) is 6.01 Å². The minimum Gasteiger partial charge on any atom is -0.466 e. The summed E-state index contributed by atoms with van der Waals surface area (Å²) < 4.78 is 43.2. The van der Waals surface area contributed by atoms with Gasteiger partial charge in [0.1, 0.15) is 10.7 Å². The van der Waals surface area contributed by atoms with Crippen molar-refractivity contribution in [2.45, 2.75) is 4.90 Å². The smallest absolute Gasteiger partial charge is 0.336 e. The summed E-state index contributed by atoms with van der Waals surface area (Å²) in [4.78, 5) is 6.80. The molecule has 2 aromatic rings. The molecule has 0 amide bonds. The summed E-state index contributed by atoms with van der Waals surface area (Å²) in [5, 5.41) is 5.86. The standard InChI is InChI=1S/C8H8FN5O3S/c1-17-8-11-7(12-13-8)14-18(15,16)6-2-5(9)3-10-4-6/h2-4H,1H3,(H2,11,12,13,14). The van der Waals surface area contributed by atoms with E-state index in [0.717, 1.165) is 18.5 Å². The minimum atomic E-state index is -3.97. The highest BCUT2D eigenvalue weighted by molar-refractivity contribution is 7.92. The van der Waals surface area contributed by atoms with E-state index >= 15 is 0 Å². The second kappa shape index (κ2) is 4.56. The van der Waals surface area contributed by atoms with Crippen molar-refractivity contribution in [1.82, 2.24) is 20.2 Å². The molecule has 0 fully saturated rings. The number of halogens is 1. The van der Waals surface area contributed by atoms with Gasteiger partial charge in [-0.3, -0.25) is 4.98 Å². The molecule has 0 unspecified atom stereocenters. The number of hydrogen-bond acceptors (Lipinski definition) is 6. The molecule has 0 saturated carbocycles. The van der Waals surface area contributed by atoms with Crippen molar-refractivity contribution in [2.24, 2.45) is 0 Å². The van der Waals surface area contributed by atoms with Gasteiger partial charge in [-0.2, -0.15) is 4.98 Å². The first-order valence-corrected chi connectivity index (χ1v) is 6.09. The van der Waals surface area contributed by atoms with Crippen LogP contribution in [0, 0.1) is 5.82 Å². The lowest BCUT2D eigenvalue weighted by molar-refractivity contribution is 0.382. The number of anilines is 1. The van der Waals surface area contributed by atoms with Gasteiger partial charge in [0.2, 0.25) is 5.95 Å². The quantitative estimate of drug-likeness (QED) is 0.820. The van der Waals surface area contributed by atoms with E-state index in [-0.39, 0.29) is 16.9 Å². The zero-order valence-electron chi connectivity index (χ0n) is 9.08. The van der Waals surface area contributed by atoms with Crippen LogP contribution in [0.4, 0.5) is 10.3 Å². The van der Waals surface area contributed by atoms with Crippen LogP contribution in [0.15, 0.2) is 23.4 Å². The third-order valence-electron chi connectivity index (χ3n) is 1.87. The molecule has 2 aromatic heterocycles. The molecule has 2 heterocycles. The normalized spacial score (nSPS) is 11.2. The Balaban J connectivity index is 2.27. The summed E-state index contributed by atoms with van der Waals surface area (Å²) in [6, 6.07) is 0.813. The summed E-state index contributed by atoms with van der Waals surface area (Å²) in [5.41, 5.74) is 0. The largest absolute Gasteiger partial charge is 0.466 e. The van der Waals surface area contributed by atoms with E-state index in [1.807, 2.05) is 0 Å². The molecule has 96 valence electrons. The van der Waals surface area contributed by atoms with Crippen molar-refractivity contribution in [1.29, 1.82) is 0 Å². The Morgan fingerprint density at radius 3 is 2.83 bits per heavy atom. The molecule has 0 saturated heterocycles. The summed E-state index contributed by atoms with van der Waals surface area (Å²) in [6.07, 6.45) is 1.91. The Morgan fingerprint density at radius 2 is 2.22 bits per heavy atom. The van der Waals surface area contributed by atoms with Crippen LogP contribution in [0.2, 0.25) is 0 Å². The Kier molecular flexibility index (Phi) is 3.10. The first-order valence-electron chi connectivity index (χ1n) is 4.61. The Bertz CT molecular complexity index is 656. The van der Waals surface area contributed by atoms with Gasteiger partial charge in [-0.15, -0.1) is 5.10 Å². The maximum atomic E-state index is 12.9. The molecule has 18 heavy (non-hydrogen) atoms. The van der Waals surface area contributed by atoms with Crippen LogP contribution in [-0.2, 0) is 10.0 Å².